The van der Waals surface area contributed by atoms with Gasteiger partial charge in [-0.2, -0.15) is 13.2 Å². The Morgan fingerprint density at radius 2 is 1.50 bits per heavy atom. The van der Waals surface area contributed by atoms with E-state index in [1.54, 1.807) is 12.1 Å². The van der Waals surface area contributed by atoms with Crippen molar-refractivity contribution in [2.45, 2.75) is 12.7 Å². The monoisotopic (exact) mass is 451 g/mol. The van der Waals surface area contributed by atoms with Crippen molar-refractivity contribution < 1.29 is 13.2 Å². The van der Waals surface area contributed by atoms with E-state index in [1.165, 1.54) is 0 Å². The molecule has 3 nitrogen and oxygen atoms in total. The van der Waals surface area contributed by atoms with Gasteiger partial charge < -0.3 is 4.90 Å². The molecule has 2 aromatic carbocycles. The molecule has 1 aromatic heterocycles. The van der Waals surface area contributed by atoms with Crippen LogP contribution in [0.4, 0.5) is 19.0 Å². The number of aromatic nitrogens is 1. The number of halogens is 4. The molecule has 0 unspecified atom stereocenters. The van der Waals surface area contributed by atoms with E-state index in [2.05, 4.69) is 15.9 Å². The van der Waals surface area contributed by atoms with Crippen molar-refractivity contribution in [2.75, 3.05) is 31.1 Å². The van der Waals surface area contributed by atoms with Crippen molar-refractivity contribution in [3.8, 4) is 0 Å². The van der Waals surface area contributed by atoms with Crippen LogP contribution in [-0.2, 0) is 12.7 Å². The Labute approximate surface area is 172 Å². The molecular formula is C21H21BrF3N3. The van der Waals surface area contributed by atoms with E-state index in [0.29, 0.717) is 6.54 Å². The van der Waals surface area contributed by atoms with Crippen LogP contribution in [0, 0.1) is 0 Å². The third-order valence-corrected chi connectivity index (χ3v) is 4.97. The Morgan fingerprint density at radius 1 is 0.821 bits per heavy atom. The summed E-state index contributed by atoms with van der Waals surface area (Å²) in [5.41, 5.74) is 1.29. The number of piperazine rings is 1. The predicted octanol–water partition coefficient (Wildman–Crippen LogP) is 5.15. The molecular weight excluding hydrogens is 431 g/mol. The molecule has 7 heteroatoms. The number of pyridine rings is 1. The Hall–Kier alpha value is -2.12. The second-order valence-electron chi connectivity index (χ2n) is 6.82. The smallest absolute Gasteiger partial charge is 0.354 e. The number of alkyl halides is 3. The molecule has 1 aliphatic rings. The third kappa shape index (κ3) is 4.64. The molecule has 1 aliphatic heterocycles. The van der Waals surface area contributed by atoms with Crippen LogP contribution in [0.25, 0.3) is 10.9 Å². The van der Waals surface area contributed by atoms with Crippen molar-refractivity contribution in [1.82, 2.24) is 9.88 Å². The molecule has 2 heterocycles. The van der Waals surface area contributed by atoms with Crippen LogP contribution in [0.1, 0.15) is 11.1 Å². The van der Waals surface area contributed by atoms with Gasteiger partial charge in [0.2, 0.25) is 0 Å². The molecule has 0 amide bonds. The van der Waals surface area contributed by atoms with E-state index in [9.17, 15) is 13.2 Å². The summed E-state index contributed by atoms with van der Waals surface area (Å²) in [6.07, 6.45) is -4.28. The number of benzene rings is 2. The normalized spacial score (nSPS) is 15.5. The highest BCUT2D eigenvalue weighted by atomic mass is 79.9. The lowest BCUT2D eigenvalue weighted by atomic mass is 10.1. The zero-order chi connectivity index (χ0) is 18.9. The number of nitrogens with zero attached hydrogens (tertiary/aromatic N) is 3. The minimum Gasteiger partial charge on any atom is -0.354 e. The van der Waals surface area contributed by atoms with E-state index < -0.39 is 11.7 Å². The minimum absolute atomic E-state index is 0. The van der Waals surface area contributed by atoms with E-state index in [1.807, 2.05) is 30.3 Å². The van der Waals surface area contributed by atoms with Gasteiger partial charge in [-0.25, -0.2) is 4.98 Å². The first kappa shape index (κ1) is 20.6. The van der Waals surface area contributed by atoms with Gasteiger partial charge >= 0.3 is 6.18 Å². The molecule has 0 N–H and O–H groups in total. The molecule has 0 bridgehead atoms. The number of hydrogen-bond acceptors (Lipinski definition) is 3. The van der Waals surface area contributed by atoms with Crippen LogP contribution >= 0.6 is 17.0 Å². The number of fused-ring (bicyclic) bond motifs is 1. The highest BCUT2D eigenvalue weighted by Gasteiger charge is 2.30. The van der Waals surface area contributed by atoms with Crippen molar-refractivity contribution in [3.05, 3.63) is 71.8 Å². The van der Waals surface area contributed by atoms with Crippen molar-refractivity contribution in [2.24, 2.45) is 0 Å². The fourth-order valence-electron chi connectivity index (χ4n) is 3.42. The summed E-state index contributed by atoms with van der Waals surface area (Å²) in [5.74, 6) is 0.975. The fraction of sp³-hybridized carbons (Fsp3) is 0.286. The van der Waals surface area contributed by atoms with Gasteiger partial charge in [0.15, 0.2) is 0 Å². The van der Waals surface area contributed by atoms with Gasteiger partial charge in [0.25, 0.3) is 0 Å². The summed E-state index contributed by atoms with van der Waals surface area (Å²) in [6.45, 7) is 4.08. The Morgan fingerprint density at radius 3 is 2.18 bits per heavy atom. The summed E-state index contributed by atoms with van der Waals surface area (Å²) in [6, 6.07) is 17.6. The summed E-state index contributed by atoms with van der Waals surface area (Å²) < 4.78 is 38.0. The van der Waals surface area contributed by atoms with E-state index in [0.717, 1.165) is 60.6 Å². The summed E-state index contributed by atoms with van der Waals surface area (Å²) >= 11 is 0. The Balaban J connectivity index is 0.00000225. The van der Waals surface area contributed by atoms with Crippen LogP contribution in [0.2, 0.25) is 0 Å². The molecule has 28 heavy (non-hydrogen) atoms. The third-order valence-electron chi connectivity index (χ3n) is 4.97. The molecule has 1 saturated heterocycles. The lowest BCUT2D eigenvalue weighted by Crippen LogP contribution is -2.46. The second-order valence-corrected chi connectivity index (χ2v) is 6.82. The standard InChI is InChI=1S/C21H20F3N3.BrH/c22-21(23,24)18-8-5-16(6-9-18)15-26-11-13-27(14-12-26)20-10-7-17-3-1-2-4-19(17)25-20;/h1-10H,11-15H2;1H. The van der Waals surface area contributed by atoms with Gasteiger partial charge in [0.1, 0.15) is 5.82 Å². The first-order valence-corrected chi connectivity index (χ1v) is 8.98. The highest BCUT2D eigenvalue weighted by Crippen LogP contribution is 2.29. The predicted molar refractivity (Wildman–Crippen MR) is 111 cm³/mol. The largest absolute Gasteiger partial charge is 0.416 e. The topological polar surface area (TPSA) is 19.4 Å². The molecule has 1 fully saturated rings. The van der Waals surface area contributed by atoms with Crippen LogP contribution in [-0.4, -0.2) is 36.1 Å². The van der Waals surface area contributed by atoms with Crippen LogP contribution in [0.15, 0.2) is 60.7 Å². The van der Waals surface area contributed by atoms with Crippen molar-refractivity contribution >= 4 is 33.7 Å². The highest BCUT2D eigenvalue weighted by molar-refractivity contribution is 8.93. The average Bonchev–Trinajstić information content (AvgIpc) is 2.68. The zero-order valence-corrected chi connectivity index (χ0v) is 16.9. The van der Waals surface area contributed by atoms with E-state index in [-0.39, 0.29) is 17.0 Å². The van der Waals surface area contributed by atoms with Crippen LogP contribution < -0.4 is 4.90 Å². The Kier molecular flexibility index (Phi) is 6.25. The fourth-order valence-corrected chi connectivity index (χ4v) is 3.42. The number of rotatable bonds is 3. The number of hydrogen-bond donors (Lipinski definition) is 0. The first-order valence-electron chi connectivity index (χ1n) is 8.98. The Bertz CT molecular complexity index is 920. The summed E-state index contributed by atoms with van der Waals surface area (Å²) in [4.78, 5) is 9.27. The van der Waals surface area contributed by atoms with Gasteiger partial charge in [-0.15, -0.1) is 17.0 Å². The molecule has 0 aliphatic carbocycles. The van der Waals surface area contributed by atoms with E-state index in [4.69, 9.17) is 4.98 Å². The van der Waals surface area contributed by atoms with Gasteiger partial charge in [0, 0.05) is 38.1 Å². The second kappa shape index (κ2) is 8.49. The van der Waals surface area contributed by atoms with Gasteiger partial charge in [-0.1, -0.05) is 30.3 Å². The van der Waals surface area contributed by atoms with Crippen LogP contribution in [0.3, 0.4) is 0 Å². The molecule has 0 atom stereocenters. The van der Waals surface area contributed by atoms with Gasteiger partial charge in [-0.3, -0.25) is 4.90 Å². The van der Waals surface area contributed by atoms with Crippen molar-refractivity contribution in [1.29, 1.82) is 0 Å². The maximum absolute atomic E-state index is 12.7. The van der Waals surface area contributed by atoms with E-state index >= 15 is 0 Å². The van der Waals surface area contributed by atoms with Crippen molar-refractivity contribution in [3.63, 3.8) is 0 Å². The molecule has 0 saturated carbocycles. The van der Waals surface area contributed by atoms with Gasteiger partial charge in [0.05, 0.1) is 11.1 Å². The molecule has 148 valence electrons. The lowest BCUT2D eigenvalue weighted by Gasteiger charge is -2.35. The number of para-hydroxylation sites is 1. The maximum atomic E-state index is 12.7. The van der Waals surface area contributed by atoms with Crippen LogP contribution in [0.5, 0.6) is 0 Å². The molecule has 3 aromatic rings. The number of anilines is 1. The molecule has 4 rings (SSSR count). The lowest BCUT2D eigenvalue weighted by molar-refractivity contribution is -0.137. The quantitative estimate of drug-likeness (QED) is 0.548. The summed E-state index contributed by atoms with van der Waals surface area (Å²) in [5, 5.41) is 1.13. The average molecular weight is 452 g/mol. The summed E-state index contributed by atoms with van der Waals surface area (Å²) in [7, 11) is 0. The minimum atomic E-state index is -4.28. The first-order chi connectivity index (χ1) is 13.0. The SMILES string of the molecule is Br.FC(F)(F)c1ccc(CN2CCN(c3ccc4ccccc4n3)CC2)cc1. The molecule has 0 radical (unpaired) electrons. The molecule has 0 spiro atoms. The maximum Gasteiger partial charge on any atom is 0.416 e. The van der Waals surface area contributed by atoms with Gasteiger partial charge in [-0.05, 0) is 35.9 Å². The zero-order valence-electron chi connectivity index (χ0n) is 15.2.